The normalized spacial score (nSPS) is 11.6. The van der Waals surface area contributed by atoms with Crippen LogP contribution in [0.2, 0.25) is 0 Å². The second kappa shape index (κ2) is 9.07. The summed E-state index contributed by atoms with van der Waals surface area (Å²) in [5, 5.41) is 0. The maximum absolute atomic E-state index is 12.5. The van der Waals surface area contributed by atoms with Crippen LogP contribution in [0.15, 0.2) is 24.3 Å². The molecule has 1 atom stereocenters. The highest BCUT2D eigenvalue weighted by atomic mass is 16.5. The van der Waals surface area contributed by atoms with Gasteiger partial charge < -0.3 is 14.4 Å². The van der Waals surface area contributed by atoms with Crippen molar-refractivity contribution in [2.24, 2.45) is 0 Å². The topological polar surface area (TPSA) is 55.8 Å². The number of amides is 1. The monoisotopic (exact) mass is 307 g/mol. The van der Waals surface area contributed by atoms with Gasteiger partial charge in [-0.2, -0.15) is 0 Å². The molecule has 0 aliphatic heterocycles. The van der Waals surface area contributed by atoms with E-state index >= 15 is 0 Å². The molecule has 1 aromatic rings. The Labute approximate surface area is 132 Å². The largest absolute Gasteiger partial charge is 0.497 e. The highest BCUT2D eigenvalue weighted by molar-refractivity contribution is 5.80. The first-order valence-corrected chi connectivity index (χ1v) is 7.51. The Bertz CT molecular complexity index is 484. The summed E-state index contributed by atoms with van der Waals surface area (Å²) in [4.78, 5) is 25.6. The van der Waals surface area contributed by atoms with Crippen LogP contribution in [0.4, 0.5) is 0 Å². The number of benzene rings is 1. The SMILES string of the molecule is CCC(C)N(CCC(=O)OC)C(=O)Cc1ccc(OC)cc1. The molecule has 0 heterocycles. The van der Waals surface area contributed by atoms with Crippen molar-refractivity contribution in [1.29, 1.82) is 0 Å². The fraction of sp³-hybridized carbons (Fsp3) is 0.529. The van der Waals surface area contributed by atoms with Gasteiger partial charge in [-0.3, -0.25) is 9.59 Å². The van der Waals surface area contributed by atoms with Crippen LogP contribution in [0.1, 0.15) is 32.3 Å². The van der Waals surface area contributed by atoms with Gasteiger partial charge in [-0.15, -0.1) is 0 Å². The molecular weight excluding hydrogens is 282 g/mol. The van der Waals surface area contributed by atoms with Crippen molar-refractivity contribution >= 4 is 11.9 Å². The molecule has 0 radical (unpaired) electrons. The fourth-order valence-corrected chi connectivity index (χ4v) is 2.14. The maximum Gasteiger partial charge on any atom is 0.307 e. The highest BCUT2D eigenvalue weighted by Gasteiger charge is 2.20. The van der Waals surface area contributed by atoms with E-state index in [1.165, 1.54) is 7.11 Å². The smallest absolute Gasteiger partial charge is 0.307 e. The van der Waals surface area contributed by atoms with Gasteiger partial charge in [-0.1, -0.05) is 19.1 Å². The predicted octanol–water partition coefficient (Wildman–Crippen LogP) is 2.43. The lowest BCUT2D eigenvalue weighted by Crippen LogP contribution is -2.40. The molecule has 5 nitrogen and oxygen atoms in total. The molecule has 0 saturated heterocycles. The van der Waals surface area contributed by atoms with E-state index in [2.05, 4.69) is 4.74 Å². The summed E-state index contributed by atoms with van der Waals surface area (Å²) in [5.41, 5.74) is 0.928. The second-order valence-corrected chi connectivity index (χ2v) is 5.20. The molecule has 0 aromatic heterocycles. The standard InChI is InChI=1S/C17H25NO4/c1-5-13(2)18(11-10-17(20)22-4)16(19)12-14-6-8-15(21-3)9-7-14/h6-9,13H,5,10-12H2,1-4H3. The van der Waals surface area contributed by atoms with E-state index in [1.54, 1.807) is 12.0 Å². The number of rotatable bonds is 8. The van der Waals surface area contributed by atoms with Crippen LogP contribution < -0.4 is 4.74 Å². The van der Waals surface area contributed by atoms with Crippen LogP contribution in [0.5, 0.6) is 5.75 Å². The molecule has 122 valence electrons. The number of carbonyl (C=O) groups excluding carboxylic acids is 2. The van der Waals surface area contributed by atoms with Crippen LogP contribution in [0.25, 0.3) is 0 Å². The minimum Gasteiger partial charge on any atom is -0.497 e. The summed E-state index contributed by atoms with van der Waals surface area (Å²) in [6.07, 6.45) is 1.38. The van der Waals surface area contributed by atoms with E-state index in [1.807, 2.05) is 38.1 Å². The molecule has 1 rings (SSSR count). The van der Waals surface area contributed by atoms with E-state index in [4.69, 9.17) is 4.74 Å². The van der Waals surface area contributed by atoms with Crippen LogP contribution in [-0.2, 0) is 20.7 Å². The van der Waals surface area contributed by atoms with E-state index in [0.717, 1.165) is 17.7 Å². The molecule has 1 unspecified atom stereocenters. The average Bonchev–Trinajstić information content (AvgIpc) is 2.55. The maximum atomic E-state index is 12.5. The zero-order valence-corrected chi connectivity index (χ0v) is 13.8. The molecule has 0 saturated carbocycles. The van der Waals surface area contributed by atoms with Crippen molar-refractivity contribution in [3.8, 4) is 5.75 Å². The number of nitrogens with zero attached hydrogens (tertiary/aromatic N) is 1. The summed E-state index contributed by atoms with van der Waals surface area (Å²) < 4.78 is 9.75. The fourth-order valence-electron chi connectivity index (χ4n) is 2.14. The van der Waals surface area contributed by atoms with Gasteiger partial charge in [0.15, 0.2) is 0 Å². The Hall–Kier alpha value is -2.04. The third-order valence-electron chi connectivity index (χ3n) is 3.74. The summed E-state index contributed by atoms with van der Waals surface area (Å²) in [6.45, 7) is 4.40. The number of hydrogen-bond acceptors (Lipinski definition) is 4. The lowest BCUT2D eigenvalue weighted by atomic mass is 10.1. The summed E-state index contributed by atoms with van der Waals surface area (Å²) in [6, 6.07) is 7.53. The minimum atomic E-state index is -0.300. The third kappa shape index (κ3) is 5.39. The molecule has 0 aliphatic rings. The summed E-state index contributed by atoms with van der Waals surface area (Å²) in [5.74, 6) is 0.481. The minimum absolute atomic E-state index is 0.0171. The average molecular weight is 307 g/mol. The number of esters is 1. The van der Waals surface area contributed by atoms with E-state index in [0.29, 0.717) is 13.0 Å². The number of methoxy groups -OCH3 is 2. The second-order valence-electron chi connectivity index (χ2n) is 5.20. The molecule has 0 aliphatic carbocycles. The van der Waals surface area contributed by atoms with Crippen molar-refractivity contribution < 1.29 is 19.1 Å². The Kier molecular flexibility index (Phi) is 7.43. The molecule has 5 heteroatoms. The van der Waals surface area contributed by atoms with Gasteiger partial charge >= 0.3 is 5.97 Å². The van der Waals surface area contributed by atoms with E-state index in [-0.39, 0.29) is 24.3 Å². The lowest BCUT2D eigenvalue weighted by Gasteiger charge is -2.28. The van der Waals surface area contributed by atoms with Crippen molar-refractivity contribution in [2.75, 3.05) is 20.8 Å². The molecule has 0 spiro atoms. The first-order valence-electron chi connectivity index (χ1n) is 7.51. The van der Waals surface area contributed by atoms with Crippen LogP contribution in [0.3, 0.4) is 0 Å². The van der Waals surface area contributed by atoms with Crippen LogP contribution >= 0.6 is 0 Å². The molecule has 0 bridgehead atoms. The van der Waals surface area contributed by atoms with Crippen LogP contribution in [-0.4, -0.2) is 43.6 Å². The molecule has 0 N–H and O–H groups in total. The molecule has 22 heavy (non-hydrogen) atoms. The third-order valence-corrected chi connectivity index (χ3v) is 3.74. The van der Waals surface area contributed by atoms with Gasteiger partial charge in [-0.05, 0) is 31.0 Å². The number of carbonyl (C=O) groups is 2. The predicted molar refractivity (Wildman–Crippen MR) is 84.8 cm³/mol. The van der Waals surface area contributed by atoms with Gasteiger partial charge in [0.05, 0.1) is 27.1 Å². The van der Waals surface area contributed by atoms with Gasteiger partial charge in [-0.25, -0.2) is 0 Å². The Morgan fingerprint density at radius 2 is 1.82 bits per heavy atom. The van der Waals surface area contributed by atoms with Crippen molar-refractivity contribution in [3.05, 3.63) is 29.8 Å². The molecular formula is C17H25NO4. The summed E-state index contributed by atoms with van der Waals surface area (Å²) >= 11 is 0. The first-order chi connectivity index (χ1) is 10.5. The van der Waals surface area contributed by atoms with Gasteiger partial charge in [0, 0.05) is 12.6 Å². The Balaban J connectivity index is 2.71. The zero-order chi connectivity index (χ0) is 16.5. The quantitative estimate of drug-likeness (QED) is 0.692. The van der Waals surface area contributed by atoms with Gasteiger partial charge in [0.25, 0.3) is 0 Å². The highest BCUT2D eigenvalue weighted by Crippen LogP contribution is 2.14. The van der Waals surface area contributed by atoms with Gasteiger partial charge in [0.1, 0.15) is 5.75 Å². The Morgan fingerprint density at radius 3 is 2.32 bits per heavy atom. The molecule has 1 amide bonds. The van der Waals surface area contributed by atoms with Gasteiger partial charge in [0.2, 0.25) is 5.91 Å². The first kappa shape index (κ1) is 18.0. The zero-order valence-electron chi connectivity index (χ0n) is 13.8. The van der Waals surface area contributed by atoms with Crippen molar-refractivity contribution in [3.63, 3.8) is 0 Å². The van der Waals surface area contributed by atoms with E-state index < -0.39 is 0 Å². The number of hydrogen-bond donors (Lipinski definition) is 0. The number of ether oxygens (including phenoxy) is 2. The summed E-state index contributed by atoms with van der Waals surface area (Å²) in [7, 11) is 2.97. The molecule has 1 aromatic carbocycles. The van der Waals surface area contributed by atoms with Crippen molar-refractivity contribution in [1.82, 2.24) is 4.90 Å². The van der Waals surface area contributed by atoms with Crippen molar-refractivity contribution in [2.45, 2.75) is 39.2 Å². The molecule has 0 fully saturated rings. The Morgan fingerprint density at radius 1 is 1.18 bits per heavy atom. The lowest BCUT2D eigenvalue weighted by molar-refractivity contribution is -0.142. The van der Waals surface area contributed by atoms with E-state index in [9.17, 15) is 9.59 Å². The van der Waals surface area contributed by atoms with Crippen LogP contribution in [0, 0.1) is 0 Å².